The van der Waals surface area contributed by atoms with Crippen molar-refractivity contribution in [1.29, 1.82) is 0 Å². The third kappa shape index (κ3) is 3.87. The first kappa shape index (κ1) is 21.6. The Morgan fingerprint density at radius 1 is 1.00 bits per heavy atom. The maximum atomic E-state index is 13.7. The molecule has 10 heteroatoms. The van der Waals surface area contributed by atoms with Crippen LogP contribution in [0.3, 0.4) is 0 Å². The molecule has 2 N–H and O–H groups in total. The molecule has 5 nitrogen and oxygen atoms in total. The number of H-pyrrole nitrogens is 1. The fraction of sp³-hybridized carbons (Fsp3) is 0.0833. The Kier molecular flexibility index (Phi) is 5.07. The number of carbonyl (C=O) groups is 1. The summed E-state index contributed by atoms with van der Waals surface area (Å²) in [6.07, 6.45) is -1.47. The molecule has 34 heavy (non-hydrogen) atoms. The van der Waals surface area contributed by atoms with Crippen molar-refractivity contribution in [2.75, 3.05) is 5.32 Å². The normalized spacial score (nSPS) is 11.9. The van der Waals surface area contributed by atoms with Gasteiger partial charge in [-0.2, -0.15) is 18.3 Å². The average molecular weight is 470 g/mol. The fourth-order valence-corrected chi connectivity index (χ4v) is 3.81. The Morgan fingerprint density at radius 3 is 2.47 bits per heavy atom. The number of nitrogens with one attached hydrogen (secondary N) is 2. The highest BCUT2D eigenvalue weighted by Crippen LogP contribution is 2.30. The predicted molar refractivity (Wildman–Crippen MR) is 116 cm³/mol. The Morgan fingerprint density at radius 2 is 1.74 bits per heavy atom. The highest BCUT2D eigenvalue weighted by atomic mass is 19.4. The van der Waals surface area contributed by atoms with Crippen LogP contribution in [0.1, 0.15) is 21.5 Å². The van der Waals surface area contributed by atoms with Crippen LogP contribution in [0.4, 0.5) is 27.6 Å². The number of benzene rings is 3. The highest BCUT2D eigenvalue weighted by Gasteiger charge is 2.30. The van der Waals surface area contributed by atoms with E-state index in [0.29, 0.717) is 32.9 Å². The van der Waals surface area contributed by atoms with Crippen molar-refractivity contribution in [3.8, 4) is 0 Å². The number of aromatic amines is 1. The third-order valence-electron chi connectivity index (χ3n) is 5.52. The highest BCUT2D eigenvalue weighted by molar-refractivity contribution is 6.14. The number of amides is 1. The summed E-state index contributed by atoms with van der Waals surface area (Å²) in [4.78, 5) is 15.8. The number of carbonyl (C=O) groups excluding carboxylic acids is 1. The van der Waals surface area contributed by atoms with Gasteiger partial charge in [-0.25, -0.2) is 8.78 Å². The lowest BCUT2D eigenvalue weighted by atomic mass is 10.1. The van der Waals surface area contributed by atoms with Gasteiger partial charge in [-0.1, -0.05) is 18.2 Å². The SMILES string of the molecule is O=C(Nc1c[nH]c2cc(F)c(F)cc12)c1cccc2c1cnn2Cc1ccc(C(F)(F)F)cc1. The molecular formula is C24H15F5N4O. The van der Waals surface area contributed by atoms with E-state index in [1.807, 2.05) is 0 Å². The van der Waals surface area contributed by atoms with Crippen molar-refractivity contribution in [1.82, 2.24) is 14.8 Å². The second-order valence-corrected chi connectivity index (χ2v) is 7.70. The lowest BCUT2D eigenvalue weighted by Gasteiger charge is -2.09. The van der Waals surface area contributed by atoms with Gasteiger partial charge in [-0.15, -0.1) is 0 Å². The molecule has 0 fully saturated rings. The number of fused-ring (bicyclic) bond motifs is 2. The monoisotopic (exact) mass is 470 g/mol. The molecular weight excluding hydrogens is 455 g/mol. The molecule has 0 unspecified atom stereocenters. The summed E-state index contributed by atoms with van der Waals surface area (Å²) in [6, 6.07) is 11.8. The van der Waals surface area contributed by atoms with Crippen LogP contribution in [-0.4, -0.2) is 20.7 Å². The summed E-state index contributed by atoms with van der Waals surface area (Å²) in [5.74, 6) is -2.52. The van der Waals surface area contributed by atoms with Crippen LogP contribution in [-0.2, 0) is 12.7 Å². The van der Waals surface area contributed by atoms with E-state index in [-0.39, 0.29) is 12.2 Å². The molecule has 1 amide bonds. The number of nitrogens with zero attached hydrogens (tertiary/aromatic N) is 2. The minimum absolute atomic E-state index is 0.208. The van der Waals surface area contributed by atoms with E-state index >= 15 is 0 Å². The number of hydrogen-bond acceptors (Lipinski definition) is 2. The Labute approximate surface area is 188 Å². The van der Waals surface area contributed by atoms with Crippen LogP contribution < -0.4 is 5.32 Å². The van der Waals surface area contributed by atoms with Crippen molar-refractivity contribution >= 4 is 33.4 Å². The predicted octanol–water partition coefficient (Wildman–Crippen LogP) is 6.12. The molecule has 0 bridgehead atoms. The number of halogens is 5. The minimum atomic E-state index is -4.41. The molecule has 3 aromatic carbocycles. The smallest absolute Gasteiger partial charge is 0.359 e. The summed E-state index contributed by atoms with van der Waals surface area (Å²) >= 11 is 0. The van der Waals surface area contributed by atoms with E-state index < -0.39 is 29.3 Å². The number of alkyl halides is 3. The van der Waals surface area contributed by atoms with Crippen molar-refractivity contribution in [2.45, 2.75) is 12.7 Å². The van der Waals surface area contributed by atoms with Crippen LogP contribution in [0.25, 0.3) is 21.8 Å². The van der Waals surface area contributed by atoms with Crippen LogP contribution in [0.15, 0.2) is 67.0 Å². The summed E-state index contributed by atoms with van der Waals surface area (Å²) in [5, 5.41) is 7.84. The zero-order valence-electron chi connectivity index (χ0n) is 17.3. The van der Waals surface area contributed by atoms with Crippen LogP contribution in [0.2, 0.25) is 0 Å². The second-order valence-electron chi connectivity index (χ2n) is 7.70. The molecule has 0 atom stereocenters. The molecule has 0 saturated carbocycles. The first-order valence-electron chi connectivity index (χ1n) is 10.1. The number of anilines is 1. The van der Waals surface area contributed by atoms with Gasteiger partial charge in [-0.05, 0) is 35.9 Å². The molecule has 0 spiro atoms. The van der Waals surface area contributed by atoms with Crippen molar-refractivity contribution in [3.63, 3.8) is 0 Å². The molecule has 0 aliphatic carbocycles. The maximum absolute atomic E-state index is 13.7. The topological polar surface area (TPSA) is 62.7 Å². The van der Waals surface area contributed by atoms with Gasteiger partial charge in [0.05, 0.1) is 40.6 Å². The first-order chi connectivity index (χ1) is 16.2. The summed E-state index contributed by atoms with van der Waals surface area (Å²) in [5.41, 5.74) is 1.40. The van der Waals surface area contributed by atoms with E-state index in [1.165, 1.54) is 24.5 Å². The van der Waals surface area contributed by atoms with Gasteiger partial charge in [0.2, 0.25) is 0 Å². The molecule has 5 aromatic rings. The Hall–Kier alpha value is -4.21. The van der Waals surface area contributed by atoms with Crippen LogP contribution in [0.5, 0.6) is 0 Å². The summed E-state index contributed by atoms with van der Waals surface area (Å²) in [6.45, 7) is 0.208. The van der Waals surface area contributed by atoms with Crippen LogP contribution in [0, 0.1) is 11.6 Å². The van der Waals surface area contributed by atoms with Gasteiger partial charge in [0.25, 0.3) is 5.91 Å². The second kappa shape index (κ2) is 7.98. The van der Waals surface area contributed by atoms with Gasteiger partial charge in [0.15, 0.2) is 11.6 Å². The molecule has 5 rings (SSSR count). The van der Waals surface area contributed by atoms with E-state index in [1.54, 1.807) is 22.9 Å². The number of aromatic nitrogens is 3. The molecule has 0 aliphatic rings. The third-order valence-corrected chi connectivity index (χ3v) is 5.52. The van der Waals surface area contributed by atoms with Gasteiger partial charge in [0, 0.05) is 23.0 Å². The quantitative estimate of drug-likeness (QED) is 0.311. The Balaban J connectivity index is 1.42. The molecule has 2 heterocycles. The minimum Gasteiger partial charge on any atom is -0.359 e. The summed E-state index contributed by atoms with van der Waals surface area (Å²) in [7, 11) is 0. The Bertz CT molecular complexity index is 1530. The van der Waals surface area contributed by atoms with Gasteiger partial charge in [0.1, 0.15) is 0 Å². The van der Waals surface area contributed by atoms with E-state index in [4.69, 9.17) is 0 Å². The van der Waals surface area contributed by atoms with Gasteiger partial charge >= 0.3 is 6.18 Å². The molecule has 0 aliphatic heterocycles. The zero-order valence-corrected chi connectivity index (χ0v) is 17.3. The average Bonchev–Trinajstić information content (AvgIpc) is 3.38. The molecule has 0 saturated heterocycles. The van der Waals surface area contributed by atoms with Crippen molar-refractivity contribution in [2.24, 2.45) is 0 Å². The standard InChI is InChI=1S/C24H15F5N4O/c25-18-8-16-20(9-19(18)26)30-11-21(16)32-23(34)15-2-1-3-22-17(15)10-31-33(22)12-13-4-6-14(7-5-13)24(27,28)29/h1-11,30H,12H2,(H,32,34). The fourth-order valence-electron chi connectivity index (χ4n) is 3.81. The largest absolute Gasteiger partial charge is 0.416 e. The molecule has 172 valence electrons. The van der Waals surface area contributed by atoms with Crippen LogP contribution >= 0.6 is 0 Å². The first-order valence-corrected chi connectivity index (χ1v) is 10.1. The number of rotatable bonds is 4. The van der Waals surface area contributed by atoms with E-state index in [9.17, 15) is 26.7 Å². The van der Waals surface area contributed by atoms with E-state index in [2.05, 4.69) is 15.4 Å². The van der Waals surface area contributed by atoms with E-state index in [0.717, 1.165) is 24.3 Å². The lowest BCUT2D eigenvalue weighted by molar-refractivity contribution is -0.137. The van der Waals surface area contributed by atoms with Crippen molar-refractivity contribution in [3.05, 3.63) is 95.3 Å². The summed E-state index contributed by atoms with van der Waals surface area (Å²) < 4.78 is 67.1. The molecule has 2 aromatic heterocycles. The molecule has 0 radical (unpaired) electrons. The van der Waals surface area contributed by atoms with Gasteiger partial charge < -0.3 is 10.3 Å². The number of hydrogen-bond donors (Lipinski definition) is 2. The zero-order chi connectivity index (χ0) is 24.0. The van der Waals surface area contributed by atoms with Gasteiger partial charge in [-0.3, -0.25) is 9.48 Å². The maximum Gasteiger partial charge on any atom is 0.416 e. The van der Waals surface area contributed by atoms with Crippen molar-refractivity contribution < 1.29 is 26.7 Å². The lowest BCUT2D eigenvalue weighted by Crippen LogP contribution is -2.12.